The summed E-state index contributed by atoms with van der Waals surface area (Å²) in [6.45, 7) is 0. The molecule has 2 heterocycles. The van der Waals surface area contributed by atoms with Crippen LogP contribution in [0.2, 0.25) is 0 Å². The van der Waals surface area contributed by atoms with Crippen LogP contribution in [-0.4, -0.2) is 4.57 Å². The van der Waals surface area contributed by atoms with E-state index in [0.29, 0.717) is 0 Å². The highest BCUT2D eigenvalue weighted by atomic mass is 16.3. The molecule has 0 radical (unpaired) electrons. The second-order valence-corrected chi connectivity index (χ2v) is 14.2. The summed E-state index contributed by atoms with van der Waals surface area (Å²) in [4.78, 5) is 2.32. The molecule has 0 aliphatic heterocycles. The molecule has 0 saturated heterocycles. The van der Waals surface area contributed by atoms with Gasteiger partial charge >= 0.3 is 0 Å². The normalized spacial score (nSPS) is 11.6. The van der Waals surface area contributed by atoms with E-state index in [4.69, 9.17) is 4.42 Å². The first-order valence-corrected chi connectivity index (χ1v) is 18.8. The van der Waals surface area contributed by atoms with Gasteiger partial charge in [0.25, 0.3) is 0 Å². The van der Waals surface area contributed by atoms with Crippen LogP contribution in [0.5, 0.6) is 0 Å². The van der Waals surface area contributed by atoms with Crippen molar-refractivity contribution in [2.24, 2.45) is 0 Å². The maximum absolute atomic E-state index is 6.39. The monoisotopic (exact) mass is 702 g/mol. The minimum atomic E-state index is 0.906. The maximum Gasteiger partial charge on any atom is 0.143 e. The summed E-state index contributed by atoms with van der Waals surface area (Å²) >= 11 is 0. The molecule has 0 saturated carbocycles. The van der Waals surface area contributed by atoms with Crippen LogP contribution >= 0.6 is 0 Å². The lowest BCUT2D eigenvalue weighted by Gasteiger charge is -2.26. The summed E-state index contributed by atoms with van der Waals surface area (Å²) in [7, 11) is 0. The number of nitrogens with zero attached hydrogens (tertiary/aromatic N) is 2. The summed E-state index contributed by atoms with van der Waals surface area (Å²) in [5.41, 5.74) is 13.4. The number of anilines is 3. The first-order valence-electron chi connectivity index (χ1n) is 18.8. The molecule has 0 fully saturated rings. The Kier molecular flexibility index (Phi) is 7.17. The highest BCUT2D eigenvalue weighted by molar-refractivity contribution is 6.15. The smallest absolute Gasteiger partial charge is 0.143 e. The van der Waals surface area contributed by atoms with Crippen molar-refractivity contribution in [2.75, 3.05) is 4.90 Å². The lowest BCUT2D eigenvalue weighted by molar-refractivity contribution is 0.672. The Morgan fingerprint density at radius 1 is 0.345 bits per heavy atom. The summed E-state index contributed by atoms with van der Waals surface area (Å²) in [6, 6.07) is 73.9. The van der Waals surface area contributed by atoms with Crippen molar-refractivity contribution in [2.45, 2.75) is 0 Å². The third kappa shape index (κ3) is 5.20. The zero-order valence-corrected chi connectivity index (χ0v) is 29.9. The molecule has 11 rings (SSSR count). The molecule has 0 amide bonds. The van der Waals surface area contributed by atoms with Crippen LogP contribution in [0, 0.1) is 0 Å². The Labute approximate surface area is 318 Å². The molecule has 0 spiro atoms. The van der Waals surface area contributed by atoms with Crippen molar-refractivity contribution in [3.63, 3.8) is 0 Å². The van der Waals surface area contributed by atoms with Crippen LogP contribution in [0.15, 0.2) is 211 Å². The van der Waals surface area contributed by atoms with Gasteiger partial charge in [0.2, 0.25) is 0 Å². The number of aromatic nitrogens is 1. The Bertz CT molecular complexity index is 3140. The average molecular weight is 703 g/mol. The molecule has 2 aromatic heterocycles. The van der Waals surface area contributed by atoms with Crippen LogP contribution in [-0.2, 0) is 0 Å². The fraction of sp³-hybridized carbons (Fsp3) is 0. The molecule has 55 heavy (non-hydrogen) atoms. The van der Waals surface area contributed by atoms with Crippen LogP contribution in [0.25, 0.3) is 82.5 Å². The van der Waals surface area contributed by atoms with Crippen LogP contribution in [0.4, 0.5) is 17.1 Å². The number of fused-ring (bicyclic) bond motifs is 8. The van der Waals surface area contributed by atoms with Crippen molar-refractivity contribution in [3.05, 3.63) is 206 Å². The Morgan fingerprint density at radius 2 is 0.909 bits per heavy atom. The van der Waals surface area contributed by atoms with E-state index in [1.54, 1.807) is 0 Å². The Hall–Kier alpha value is -7.36. The van der Waals surface area contributed by atoms with E-state index in [1.165, 1.54) is 38.3 Å². The zero-order valence-electron chi connectivity index (χ0n) is 29.9. The van der Waals surface area contributed by atoms with Gasteiger partial charge in [-0.15, -0.1) is 0 Å². The van der Waals surface area contributed by atoms with Crippen LogP contribution < -0.4 is 4.90 Å². The number of hydrogen-bond acceptors (Lipinski definition) is 2. The number of para-hydroxylation sites is 3. The van der Waals surface area contributed by atoms with Crippen molar-refractivity contribution >= 4 is 71.6 Å². The third-order valence-electron chi connectivity index (χ3n) is 11.0. The van der Waals surface area contributed by atoms with Crippen molar-refractivity contribution in [3.8, 4) is 27.9 Å². The molecular formula is C52H34N2O. The van der Waals surface area contributed by atoms with E-state index >= 15 is 0 Å². The van der Waals surface area contributed by atoms with E-state index in [1.807, 2.05) is 0 Å². The highest BCUT2D eigenvalue weighted by Gasteiger charge is 2.16. The second-order valence-electron chi connectivity index (χ2n) is 14.2. The largest absolute Gasteiger partial charge is 0.455 e. The third-order valence-corrected chi connectivity index (χ3v) is 11.0. The number of rotatable bonds is 6. The standard InChI is InChI=1S/C52H34N2O/c1-2-13-40(14-3-1)53(42-29-23-36(24-30-42)39-26-32-51-48(34-39)47-31-25-37-11-4-5-16-44(37)52(47)55-51)41-27-21-35(22-28-41)38-12-10-15-43(33-38)54-49-19-8-6-17-45(49)46-18-7-9-20-50(46)54/h1-34H. The molecule has 11 aromatic rings. The SMILES string of the molecule is c1ccc(N(c2ccc(-c3cccc(-n4c5ccccc5c5ccccc54)c3)cc2)c2ccc(-c3ccc4oc5c6ccccc6ccc5c4c3)cc2)cc1. The lowest BCUT2D eigenvalue weighted by Crippen LogP contribution is -2.09. The highest BCUT2D eigenvalue weighted by Crippen LogP contribution is 2.40. The van der Waals surface area contributed by atoms with Crippen molar-refractivity contribution in [1.82, 2.24) is 4.57 Å². The summed E-state index contributed by atoms with van der Waals surface area (Å²) in [5.74, 6) is 0. The minimum Gasteiger partial charge on any atom is -0.455 e. The average Bonchev–Trinajstić information content (AvgIpc) is 3.81. The summed E-state index contributed by atoms with van der Waals surface area (Å²) < 4.78 is 8.76. The van der Waals surface area contributed by atoms with E-state index in [9.17, 15) is 0 Å². The lowest BCUT2D eigenvalue weighted by atomic mass is 10.0. The molecule has 0 aliphatic carbocycles. The van der Waals surface area contributed by atoms with Crippen molar-refractivity contribution < 1.29 is 4.42 Å². The Balaban J connectivity index is 0.935. The van der Waals surface area contributed by atoms with Gasteiger partial charge in [0.1, 0.15) is 11.2 Å². The molecule has 0 N–H and O–H groups in total. The van der Waals surface area contributed by atoms with Gasteiger partial charge in [-0.2, -0.15) is 0 Å². The van der Waals surface area contributed by atoms with Gasteiger partial charge in [0.15, 0.2) is 0 Å². The van der Waals surface area contributed by atoms with Gasteiger partial charge in [-0.05, 0) is 107 Å². The molecule has 9 aromatic carbocycles. The Morgan fingerprint density at radius 3 is 1.60 bits per heavy atom. The molecular weight excluding hydrogens is 669 g/mol. The molecule has 3 heteroatoms. The van der Waals surface area contributed by atoms with Gasteiger partial charge in [-0.25, -0.2) is 0 Å². The predicted octanol–water partition coefficient (Wildman–Crippen LogP) is 14.6. The fourth-order valence-electron chi connectivity index (χ4n) is 8.34. The fourth-order valence-corrected chi connectivity index (χ4v) is 8.34. The molecule has 0 atom stereocenters. The first kappa shape index (κ1) is 31.2. The first-order chi connectivity index (χ1) is 27.3. The van der Waals surface area contributed by atoms with Crippen LogP contribution in [0.3, 0.4) is 0 Å². The topological polar surface area (TPSA) is 21.3 Å². The van der Waals surface area contributed by atoms with E-state index in [-0.39, 0.29) is 0 Å². The maximum atomic E-state index is 6.39. The van der Waals surface area contributed by atoms with Crippen molar-refractivity contribution in [1.29, 1.82) is 0 Å². The summed E-state index contributed by atoms with van der Waals surface area (Å²) in [6.07, 6.45) is 0. The van der Waals surface area contributed by atoms with Gasteiger partial charge in [0.05, 0.1) is 11.0 Å². The molecule has 258 valence electrons. The van der Waals surface area contributed by atoms with Gasteiger partial charge in [-0.3, -0.25) is 0 Å². The molecule has 0 bridgehead atoms. The van der Waals surface area contributed by atoms with E-state index in [2.05, 4.69) is 216 Å². The molecule has 3 nitrogen and oxygen atoms in total. The van der Waals surface area contributed by atoms with Gasteiger partial charge in [0, 0.05) is 49.7 Å². The van der Waals surface area contributed by atoms with E-state index in [0.717, 1.165) is 61.2 Å². The predicted molar refractivity (Wildman–Crippen MR) is 231 cm³/mol. The number of benzene rings is 9. The van der Waals surface area contributed by atoms with E-state index < -0.39 is 0 Å². The molecule has 0 unspecified atom stereocenters. The van der Waals surface area contributed by atoms with Gasteiger partial charge in [-0.1, -0.05) is 127 Å². The van der Waals surface area contributed by atoms with Gasteiger partial charge < -0.3 is 13.9 Å². The zero-order chi connectivity index (χ0) is 36.3. The quantitative estimate of drug-likeness (QED) is 0.172. The number of hydrogen-bond donors (Lipinski definition) is 0. The minimum absolute atomic E-state index is 0.906. The van der Waals surface area contributed by atoms with Crippen LogP contribution in [0.1, 0.15) is 0 Å². The number of furan rings is 1. The summed E-state index contributed by atoms with van der Waals surface area (Å²) in [5, 5.41) is 7.14. The molecule has 0 aliphatic rings. The second kappa shape index (κ2) is 12.6.